The number of hydrogen-bond acceptors (Lipinski definition) is 2. The Kier molecular flexibility index (Phi) is 2.42. The third-order valence-corrected chi connectivity index (χ3v) is 4.79. The Balaban J connectivity index is 2.03. The van der Waals surface area contributed by atoms with Gasteiger partial charge in [0.15, 0.2) is 0 Å². The molecule has 0 spiro atoms. The van der Waals surface area contributed by atoms with Gasteiger partial charge in [0.25, 0.3) is 0 Å². The second-order valence-corrected chi connectivity index (χ2v) is 6.31. The van der Waals surface area contributed by atoms with Crippen LogP contribution in [0.5, 0.6) is 0 Å². The molecule has 1 aromatic rings. The van der Waals surface area contributed by atoms with E-state index < -0.39 is 0 Å². The first kappa shape index (κ1) is 11.6. The van der Waals surface area contributed by atoms with E-state index in [-0.39, 0.29) is 6.04 Å². The molecule has 0 amide bonds. The standard InChI is InChI=1S/C13H23N3/c1-12(2)11(13(12,3)4)10(14)6-9-7-15-16(5)8-9/h7-8,10-11H,6,14H2,1-5H3. The summed E-state index contributed by atoms with van der Waals surface area (Å²) >= 11 is 0. The van der Waals surface area contributed by atoms with Crippen LogP contribution in [0.2, 0.25) is 0 Å². The molecule has 1 atom stereocenters. The van der Waals surface area contributed by atoms with Crippen molar-refractivity contribution in [2.24, 2.45) is 29.5 Å². The lowest BCUT2D eigenvalue weighted by molar-refractivity contribution is 0.457. The van der Waals surface area contributed by atoms with Crippen LogP contribution >= 0.6 is 0 Å². The van der Waals surface area contributed by atoms with E-state index in [9.17, 15) is 0 Å². The van der Waals surface area contributed by atoms with Crippen LogP contribution in [-0.2, 0) is 13.5 Å². The second kappa shape index (κ2) is 3.33. The molecule has 1 aromatic heterocycles. The van der Waals surface area contributed by atoms with Gasteiger partial charge in [0.2, 0.25) is 0 Å². The summed E-state index contributed by atoms with van der Waals surface area (Å²) in [6, 6.07) is 0.245. The van der Waals surface area contributed by atoms with E-state index in [1.165, 1.54) is 5.56 Å². The molecule has 2 N–H and O–H groups in total. The summed E-state index contributed by atoms with van der Waals surface area (Å²) in [5, 5.41) is 4.18. The van der Waals surface area contributed by atoms with Gasteiger partial charge in [-0.25, -0.2) is 0 Å². The maximum atomic E-state index is 6.33. The van der Waals surface area contributed by atoms with Gasteiger partial charge in [0.1, 0.15) is 0 Å². The Morgan fingerprint density at radius 1 is 1.38 bits per heavy atom. The number of rotatable bonds is 3. The molecule has 1 aliphatic rings. The molecule has 0 aliphatic heterocycles. The van der Waals surface area contributed by atoms with E-state index in [1.807, 2.05) is 17.9 Å². The Hall–Kier alpha value is -0.830. The minimum atomic E-state index is 0.245. The lowest BCUT2D eigenvalue weighted by Gasteiger charge is -2.12. The van der Waals surface area contributed by atoms with Crippen molar-refractivity contribution in [2.75, 3.05) is 0 Å². The molecular formula is C13H23N3. The average Bonchev–Trinajstić information content (AvgIpc) is 2.44. The molecule has 0 bridgehead atoms. The van der Waals surface area contributed by atoms with Crippen LogP contribution in [0.25, 0.3) is 0 Å². The minimum Gasteiger partial charge on any atom is -0.327 e. The van der Waals surface area contributed by atoms with Gasteiger partial charge in [-0.05, 0) is 28.7 Å². The molecule has 90 valence electrons. The monoisotopic (exact) mass is 221 g/mol. The second-order valence-electron chi connectivity index (χ2n) is 6.31. The first-order valence-electron chi connectivity index (χ1n) is 6.00. The average molecular weight is 221 g/mol. The summed E-state index contributed by atoms with van der Waals surface area (Å²) in [4.78, 5) is 0. The van der Waals surface area contributed by atoms with Crippen molar-refractivity contribution < 1.29 is 0 Å². The Morgan fingerprint density at radius 3 is 2.31 bits per heavy atom. The van der Waals surface area contributed by atoms with Crippen LogP contribution in [0.1, 0.15) is 33.3 Å². The topological polar surface area (TPSA) is 43.8 Å². The van der Waals surface area contributed by atoms with Gasteiger partial charge in [0, 0.05) is 19.3 Å². The van der Waals surface area contributed by atoms with E-state index in [2.05, 4.69) is 39.0 Å². The summed E-state index contributed by atoms with van der Waals surface area (Å²) in [6.07, 6.45) is 4.91. The molecule has 1 heterocycles. The van der Waals surface area contributed by atoms with E-state index >= 15 is 0 Å². The zero-order valence-electron chi connectivity index (χ0n) is 11.0. The highest BCUT2D eigenvalue weighted by atomic mass is 15.2. The summed E-state index contributed by atoms with van der Waals surface area (Å²) in [6.45, 7) is 9.28. The van der Waals surface area contributed by atoms with Crippen LogP contribution in [0.3, 0.4) is 0 Å². The summed E-state index contributed by atoms with van der Waals surface area (Å²) in [7, 11) is 1.94. The highest BCUT2D eigenvalue weighted by molar-refractivity contribution is 5.18. The van der Waals surface area contributed by atoms with Crippen molar-refractivity contribution in [3.63, 3.8) is 0 Å². The molecule has 2 rings (SSSR count). The molecule has 3 nitrogen and oxygen atoms in total. The molecule has 1 aliphatic carbocycles. The number of aromatic nitrogens is 2. The van der Waals surface area contributed by atoms with Crippen LogP contribution < -0.4 is 5.73 Å². The Labute approximate surface area is 98.0 Å². The highest BCUT2D eigenvalue weighted by Crippen LogP contribution is 2.69. The van der Waals surface area contributed by atoms with Crippen molar-refractivity contribution in [3.05, 3.63) is 18.0 Å². The molecule has 0 radical (unpaired) electrons. The van der Waals surface area contributed by atoms with E-state index in [1.54, 1.807) is 0 Å². The molecule has 3 heteroatoms. The van der Waals surface area contributed by atoms with Gasteiger partial charge in [-0.3, -0.25) is 4.68 Å². The fraction of sp³-hybridized carbons (Fsp3) is 0.769. The predicted octanol–water partition coefficient (Wildman–Crippen LogP) is 1.97. The molecule has 0 aromatic carbocycles. The molecule has 1 fully saturated rings. The van der Waals surface area contributed by atoms with Crippen molar-refractivity contribution >= 4 is 0 Å². The van der Waals surface area contributed by atoms with E-state index in [0.717, 1.165) is 6.42 Å². The van der Waals surface area contributed by atoms with Gasteiger partial charge in [-0.2, -0.15) is 5.10 Å². The number of hydrogen-bond donors (Lipinski definition) is 1. The Bertz CT molecular complexity index is 376. The summed E-state index contributed by atoms with van der Waals surface area (Å²) < 4.78 is 1.84. The largest absolute Gasteiger partial charge is 0.327 e. The fourth-order valence-corrected chi connectivity index (χ4v) is 3.29. The number of nitrogens with two attached hydrogens (primary N) is 1. The van der Waals surface area contributed by atoms with Crippen molar-refractivity contribution in [1.29, 1.82) is 0 Å². The maximum Gasteiger partial charge on any atom is 0.0522 e. The lowest BCUT2D eigenvalue weighted by atomic mass is 9.99. The minimum absolute atomic E-state index is 0.245. The summed E-state index contributed by atoms with van der Waals surface area (Å²) in [5.41, 5.74) is 8.32. The lowest BCUT2D eigenvalue weighted by Crippen LogP contribution is -2.28. The third-order valence-electron chi connectivity index (χ3n) is 4.79. The summed E-state index contributed by atoms with van der Waals surface area (Å²) in [5.74, 6) is 0.611. The van der Waals surface area contributed by atoms with Crippen LogP contribution in [0, 0.1) is 16.7 Å². The van der Waals surface area contributed by atoms with Crippen LogP contribution in [-0.4, -0.2) is 15.8 Å². The van der Waals surface area contributed by atoms with Crippen LogP contribution in [0.15, 0.2) is 12.4 Å². The van der Waals surface area contributed by atoms with Crippen molar-refractivity contribution in [2.45, 2.75) is 40.2 Å². The van der Waals surface area contributed by atoms with Crippen molar-refractivity contribution in [3.8, 4) is 0 Å². The van der Waals surface area contributed by atoms with Gasteiger partial charge in [-0.1, -0.05) is 27.7 Å². The van der Waals surface area contributed by atoms with E-state index in [0.29, 0.717) is 16.7 Å². The highest BCUT2D eigenvalue weighted by Gasteiger charge is 2.66. The van der Waals surface area contributed by atoms with Crippen molar-refractivity contribution in [1.82, 2.24) is 9.78 Å². The molecule has 0 saturated heterocycles. The normalized spacial score (nSPS) is 24.4. The SMILES string of the molecule is Cn1cc(CC(N)C2C(C)(C)C2(C)C)cn1. The molecule has 1 saturated carbocycles. The van der Waals surface area contributed by atoms with Crippen LogP contribution in [0.4, 0.5) is 0 Å². The first-order chi connectivity index (χ1) is 7.26. The smallest absolute Gasteiger partial charge is 0.0522 e. The fourth-order valence-electron chi connectivity index (χ4n) is 3.29. The van der Waals surface area contributed by atoms with Gasteiger partial charge in [-0.15, -0.1) is 0 Å². The number of aryl methyl sites for hydroxylation is 1. The molecule has 16 heavy (non-hydrogen) atoms. The van der Waals surface area contributed by atoms with E-state index in [4.69, 9.17) is 5.73 Å². The third kappa shape index (κ3) is 1.58. The van der Waals surface area contributed by atoms with Gasteiger partial charge < -0.3 is 5.73 Å². The molecule has 1 unspecified atom stereocenters. The van der Waals surface area contributed by atoms with Gasteiger partial charge >= 0.3 is 0 Å². The quantitative estimate of drug-likeness (QED) is 0.848. The number of nitrogens with zero attached hydrogens (tertiary/aromatic N) is 2. The zero-order valence-corrected chi connectivity index (χ0v) is 11.0. The predicted molar refractivity (Wildman–Crippen MR) is 65.9 cm³/mol. The van der Waals surface area contributed by atoms with Gasteiger partial charge in [0.05, 0.1) is 6.20 Å². The Morgan fingerprint density at radius 2 is 1.94 bits per heavy atom. The maximum absolute atomic E-state index is 6.33. The zero-order chi connectivity index (χ0) is 12.1. The first-order valence-corrected chi connectivity index (χ1v) is 6.00. The molecular weight excluding hydrogens is 198 g/mol.